The van der Waals surface area contributed by atoms with Gasteiger partial charge in [0, 0.05) is 32.3 Å². The smallest absolute Gasteiger partial charge is 0.117 e. The van der Waals surface area contributed by atoms with Crippen LogP contribution in [-0.4, -0.2) is 43.3 Å². The standard InChI is InChI=1S/C15H26N2O2/c1-3-18-14-6-8-17(9-7-14)13(2)11-16-12-15-5-4-10-19-15/h4-5,10,13-14,16H,3,6-9,11-12H2,1-2H3. The molecule has 1 fully saturated rings. The van der Waals surface area contributed by atoms with E-state index in [1.165, 1.54) is 0 Å². The SMILES string of the molecule is CCOC1CCN(C(C)CNCc2ccco2)CC1. The highest BCUT2D eigenvalue weighted by atomic mass is 16.5. The van der Waals surface area contributed by atoms with E-state index in [2.05, 4.69) is 24.1 Å². The molecule has 108 valence electrons. The van der Waals surface area contributed by atoms with E-state index in [-0.39, 0.29) is 0 Å². The molecular weight excluding hydrogens is 240 g/mol. The maximum atomic E-state index is 5.69. The second kappa shape index (κ2) is 7.68. The molecule has 4 heteroatoms. The Labute approximate surface area is 116 Å². The molecule has 19 heavy (non-hydrogen) atoms. The molecule has 1 atom stereocenters. The van der Waals surface area contributed by atoms with Crippen LogP contribution in [-0.2, 0) is 11.3 Å². The Hall–Kier alpha value is -0.840. The number of likely N-dealkylation sites (tertiary alicyclic amines) is 1. The molecular formula is C15H26N2O2. The maximum absolute atomic E-state index is 5.69. The van der Waals surface area contributed by atoms with Gasteiger partial charge in [-0.3, -0.25) is 4.90 Å². The van der Waals surface area contributed by atoms with E-state index in [0.29, 0.717) is 12.1 Å². The van der Waals surface area contributed by atoms with Gasteiger partial charge >= 0.3 is 0 Å². The fourth-order valence-electron chi connectivity index (χ4n) is 2.67. The quantitative estimate of drug-likeness (QED) is 0.821. The monoisotopic (exact) mass is 266 g/mol. The van der Waals surface area contributed by atoms with Crippen molar-refractivity contribution < 1.29 is 9.15 Å². The Morgan fingerprint density at radius 3 is 2.89 bits per heavy atom. The summed E-state index contributed by atoms with van der Waals surface area (Å²) < 4.78 is 11.0. The summed E-state index contributed by atoms with van der Waals surface area (Å²) in [4.78, 5) is 2.55. The first-order chi connectivity index (χ1) is 9.29. The minimum Gasteiger partial charge on any atom is -0.468 e. The van der Waals surface area contributed by atoms with Gasteiger partial charge in [-0.2, -0.15) is 0 Å². The average molecular weight is 266 g/mol. The number of hydrogen-bond donors (Lipinski definition) is 1. The van der Waals surface area contributed by atoms with Crippen molar-refractivity contribution in [3.05, 3.63) is 24.2 Å². The Balaban J connectivity index is 1.62. The van der Waals surface area contributed by atoms with E-state index >= 15 is 0 Å². The van der Waals surface area contributed by atoms with Crippen molar-refractivity contribution in [2.45, 2.75) is 45.4 Å². The number of furan rings is 1. The topological polar surface area (TPSA) is 37.6 Å². The van der Waals surface area contributed by atoms with Gasteiger partial charge < -0.3 is 14.5 Å². The summed E-state index contributed by atoms with van der Waals surface area (Å²) in [6.07, 6.45) is 4.52. The van der Waals surface area contributed by atoms with Gasteiger partial charge in [0.25, 0.3) is 0 Å². The van der Waals surface area contributed by atoms with Gasteiger partial charge in [-0.25, -0.2) is 0 Å². The van der Waals surface area contributed by atoms with Crippen molar-refractivity contribution in [3.63, 3.8) is 0 Å². The van der Waals surface area contributed by atoms with Crippen molar-refractivity contribution in [1.82, 2.24) is 10.2 Å². The summed E-state index contributed by atoms with van der Waals surface area (Å²) in [7, 11) is 0. The predicted octanol–water partition coefficient (Wildman–Crippen LogP) is 2.26. The van der Waals surface area contributed by atoms with Crippen LogP contribution in [0, 0.1) is 0 Å². The zero-order chi connectivity index (χ0) is 13.5. The van der Waals surface area contributed by atoms with Crippen LogP contribution in [0.15, 0.2) is 22.8 Å². The Kier molecular flexibility index (Phi) is 5.89. The van der Waals surface area contributed by atoms with Crippen molar-refractivity contribution in [2.24, 2.45) is 0 Å². The van der Waals surface area contributed by atoms with Crippen LogP contribution in [0.1, 0.15) is 32.4 Å². The van der Waals surface area contributed by atoms with E-state index in [4.69, 9.17) is 9.15 Å². The molecule has 1 aliphatic heterocycles. The van der Waals surface area contributed by atoms with Gasteiger partial charge in [0.2, 0.25) is 0 Å². The molecule has 2 rings (SSSR count). The molecule has 1 aromatic rings. The fraction of sp³-hybridized carbons (Fsp3) is 0.733. The third kappa shape index (κ3) is 4.64. The van der Waals surface area contributed by atoms with E-state index in [0.717, 1.165) is 51.4 Å². The molecule has 4 nitrogen and oxygen atoms in total. The Bertz CT molecular complexity index is 332. The highest BCUT2D eigenvalue weighted by Crippen LogP contribution is 2.15. The van der Waals surface area contributed by atoms with Crippen LogP contribution in [0.4, 0.5) is 0 Å². The fourth-order valence-corrected chi connectivity index (χ4v) is 2.67. The molecule has 2 heterocycles. The summed E-state index contributed by atoms with van der Waals surface area (Å²) in [5, 5.41) is 3.45. The zero-order valence-corrected chi connectivity index (χ0v) is 12.1. The third-order valence-corrected chi connectivity index (χ3v) is 3.82. The molecule has 1 saturated heterocycles. The first-order valence-corrected chi connectivity index (χ1v) is 7.38. The summed E-state index contributed by atoms with van der Waals surface area (Å²) in [6.45, 7) is 9.31. The van der Waals surface area contributed by atoms with Crippen LogP contribution in [0.2, 0.25) is 0 Å². The van der Waals surface area contributed by atoms with Crippen molar-refractivity contribution >= 4 is 0 Å². The normalized spacial score (nSPS) is 19.7. The van der Waals surface area contributed by atoms with Gasteiger partial charge in [-0.15, -0.1) is 0 Å². The highest BCUT2D eigenvalue weighted by molar-refractivity contribution is 4.97. The van der Waals surface area contributed by atoms with Gasteiger partial charge in [0.1, 0.15) is 5.76 Å². The van der Waals surface area contributed by atoms with Crippen molar-refractivity contribution in [1.29, 1.82) is 0 Å². The summed E-state index contributed by atoms with van der Waals surface area (Å²) in [6, 6.07) is 4.50. The van der Waals surface area contributed by atoms with Gasteiger partial charge in [-0.05, 0) is 38.8 Å². The highest BCUT2D eigenvalue weighted by Gasteiger charge is 2.22. The molecule has 1 N–H and O–H groups in total. The predicted molar refractivity (Wildman–Crippen MR) is 76.1 cm³/mol. The molecule has 0 bridgehead atoms. The lowest BCUT2D eigenvalue weighted by molar-refractivity contribution is 0.00587. The molecule has 0 spiro atoms. The Morgan fingerprint density at radius 2 is 2.26 bits per heavy atom. The second-order valence-electron chi connectivity index (χ2n) is 5.25. The molecule has 0 aliphatic carbocycles. The summed E-state index contributed by atoms with van der Waals surface area (Å²) >= 11 is 0. The van der Waals surface area contributed by atoms with Gasteiger partial charge in [0.05, 0.1) is 18.9 Å². The van der Waals surface area contributed by atoms with Crippen LogP contribution < -0.4 is 5.32 Å². The summed E-state index contributed by atoms with van der Waals surface area (Å²) in [5.41, 5.74) is 0. The minimum atomic E-state index is 0.476. The number of nitrogens with one attached hydrogen (secondary N) is 1. The molecule has 0 radical (unpaired) electrons. The number of nitrogens with zero attached hydrogens (tertiary/aromatic N) is 1. The van der Waals surface area contributed by atoms with Gasteiger partial charge in [0.15, 0.2) is 0 Å². The average Bonchev–Trinajstić information content (AvgIpc) is 2.93. The lowest BCUT2D eigenvalue weighted by Crippen LogP contribution is -2.46. The first-order valence-electron chi connectivity index (χ1n) is 7.38. The van der Waals surface area contributed by atoms with Gasteiger partial charge in [-0.1, -0.05) is 0 Å². The number of piperidine rings is 1. The molecule has 1 aromatic heterocycles. The first kappa shape index (κ1) is 14.6. The van der Waals surface area contributed by atoms with Crippen LogP contribution in [0.5, 0.6) is 0 Å². The number of rotatable bonds is 7. The molecule has 0 saturated carbocycles. The lowest BCUT2D eigenvalue weighted by atomic mass is 10.1. The van der Waals surface area contributed by atoms with Crippen molar-refractivity contribution in [2.75, 3.05) is 26.2 Å². The Morgan fingerprint density at radius 1 is 1.47 bits per heavy atom. The molecule has 1 unspecified atom stereocenters. The van der Waals surface area contributed by atoms with E-state index in [9.17, 15) is 0 Å². The van der Waals surface area contributed by atoms with E-state index < -0.39 is 0 Å². The third-order valence-electron chi connectivity index (χ3n) is 3.82. The molecule has 0 amide bonds. The van der Waals surface area contributed by atoms with E-state index in [1.807, 2.05) is 12.1 Å². The van der Waals surface area contributed by atoms with E-state index in [1.54, 1.807) is 6.26 Å². The molecule has 0 aromatic carbocycles. The van der Waals surface area contributed by atoms with Crippen LogP contribution in [0.25, 0.3) is 0 Å². The number of ether oxygens (including phenoxy) is 1. The lowest BCUT2D eigenvalue weighted by Gasteiger charge is -2.35. The maximum Gasteiger partial charge on any atom is 0.117 e. The van der Waals surface area contributed by atoms with Crippen LogP contribution in [0.3, 0.4) is 0 Å². The van der Waals surface area contributed by atoms with Crippen LogP contribution >= 0.6 is 0 Å². The zero-order valence-electron chi connectivity index (χ0n) is 12.1. The minimum absolute atomic E-state index is 0.476. The summed E-state index contributed by atoms with van der Waals surface area (Å²) in [5.74, 6) is 1.00. The van der Waals surface area contributed by atoms with Crippen molar-refractivity contribution in [3.8, 4) is 0 Å². The molecule has 1 aliphatic rings. The number of hydrogen-bond acceptors (Lipinski definition) is 4. The largest absolute Gasteiger partial charge is 0.468 e. The second-order valence-corrected chi connectivity index (χ2v) is 5.25.